The highest BCUT2D eigenvalue weighted by Crippen LogP contribution is 2.33. The first-order valence-electron chi connectivity index (χ1n) is 11.5. The van der Waals surface area contributed by atoms with Crippen molar-refractivity contribution in [2.24, 2.45) is 0 Å². The van der Waals surface area contributed by atoms with E-state index in [1.165, 1.54) is 4.31 Å². The van der Waals surface area contributed by atoms with E-state index >= 15 is 0 Å². The van der Waals surface area contributed by atoms with Gasteiger partial charge >= 0.3 is 0 Å². The fourth-order valence-electron chi connectivity index (χ4n) is 3.63. The smallest absolute Gasteiger partial charge is 0.264 e. The molecule has 0 spiro atoms. The Labute approximate surface area is 217 Å². The maximum absolute atomic E-state index is 13.6. The van der Waals surface area contributed by atoms with E-state index in [4.69, 9.17) is 17.0 Å². The maximum atomic E-state index is 13.6. The van der Waals surface area contributed by atoms with Gasteiger partial charge in [-0.1, -0.05) is 66.7 Å². The summed E-state index contributed by atoms with van der Waals surface area (Å²) in [7, 11) is -3.83. The zero-order valence-electron chi connectivity index (χ0n) is 19.8. The van der Waals surface area contributed by atoms with Crippen molar-refractivity contribution in [1.29, 1.82) is 0 Å². The number of nitrogens with one attached hydrogen (secondary N) is 2. The summed E-state index contributed by atoms with van der Waals surface area (Å²) in [5.74, 6) is 1.07. The molecule has 0 aliphatic heterocycles. The van der Waals surface area contributed by atoms with Crippen LogP contribution in [0.1, 0.15) is 12.5 Å². The summed E-state index contributed by atoms with van der Waals surface area (Å²) in [5, 5.41) is 6.63. The van der Waals surface area contributed by atoms with Crippen LogP contribution in [0.15, 0.2) is 114 Å². The number of hydrogen-bond acceptors (Lipinski definition) is 4. The third-order valence-electron chi connectivity index (χ3n) is 5.39. The Morgan fingerprint density at radius 3 is 2.11 bits per heavy atom. The average molecular weight is 518 g/mol. The van der Waals surface area contributed by atoms with E-state index in [2.05, 4.69) is 10.6 Å². The molecule has 36 heavy (non-hydrogen) atoms. The highest BCUT2D eigenvalue weighted by Gasteiger charge is 2.25. The van der Waals surface area contributed by atoms with Gasteiger partial charge in [0.25, 0.3) is 10.0 Å². The lowest BCUT2D eigenvalue weighted by molar-refractivity contribution is 0.484. The molecule has 0 aromatic heterocycles. The first kappa shape index (κ1) is 25.2. The predicted octanol–water partition coefficient (Wildman–Crippen LogP) is 6.18. The minimum Gasteiger partial charge on any atom is -0.455 e. The van der Waals surface area contributed by atoms with Gasteiger partial charge in [-0.2, -0.15) is 0 Å². The van der Waals surface area contributed by atoms with Crippen LogP contribution < -0.4 is 19.7 Å². The standard InChI is InChI=1S/C28H27N3O3S2/c1-2-31(23-14-8-4-9-15-23)36(32,33)25-18-19-27(34-24-16-10-5-11-17-24)26(20-25)30-28(35)29-21-22-12-6-3-7-13-22/h3-20H,2,21H2,1H3,(H2,29,30,35). The number of hydrogen-bond donors (Lipinski definition) is 2. The van der Waals surface area contributed by atoms with Crippen LogP contribution in [0.3, 0.4) is 0 Å². The van der Waals surface area contributed by atoms with Crippen LogP contribution in [0.4, 0.5) is 11.4 Å². The Morgan fingerprint density at radius 1 is 0.861 bits per heavy atom. The normalized spacial score (nSPS) is 10.9. The van der Waals surface area contributed by atoms with Crippen molar-refractivity contribution in [3.05, 3.63) is 115 Å². The second kappa shape index (κ2) is 11.7. The molecule has 0 unspecified atom stereocenters. The second-order valence-electron chi connectivity index (χ2n) is 7.87. The Hall–Kier alpha value is -3.88. The minimum atomic E-state index is -3.83. The number of ether oxygens (including phenoxy) is 1. The molecule has 184 valence electrons. The molecule has 0 radical (unpaired) electrons. The summed E-state index contributed by atoms with van der Waals surface area (Å²) in [6.07, 6.45) is 0. The van der Waals surface area contributed by atoms with Crippen LogP contribution >= 0.6 is 12.2 Å². The quantitative estimate of drug-likeness (QED) is 0.258. The van der Waals surface area contributed by atoms with Gasteiger partial charge in [-0.25, -0.2) is 8.42 Å². The molecule has 4 aromatic carbocycles. The van der Waals surface area contributed by atoms with Crippen LogP contribution in [-0.4, -0.2) is 20.1 Å². The number of sulfonamides is 1. The van der Waals surface area contributed by atoms with Gasteiger partial charge in [0.15, 0.2) is 10.9 Å². The van der Waals surface area contributed by atoms with Crippen molar-refractivity contribution < 1.29 is 13.2 Å². The molecule has 0 fully saturated rings. The van der Waals surface area contributed by atoms with Crippen LogP contribution in [0, 0.1) is 0 Å². The molecular formula is C28H27N3O3S2. The summed E-state index contributed by atoms with van der Waals surface area (Å²) in [4.78, 5) is 0.127. The van der Waals surface area contributed by atoms with Crippen LogP contribution in [0.2, 0.25) is 0 Å². The number of rotatable bonds is 9. The highest BCUT2D eigenvalue weighted by molar-refractivity contribution is 7.92. The summed E-state index contributed by atoms with van der Waals surface area (Å²) >= 11 is 5.51. The number of nitrogens with zero attached hydrogens (tertiary/aromatic N) is 1. The fraction of sp³-hybridized carbons (Fsp3) is 0.107. The molecule has 2 N–H and O–H groups in total. The van der Waals surface area contributed by atoms with Crippen molar-refractivity contribution in [3.63, 3.8) is 0 Å². The third kappa shape index (κ3) is 6.21. The summed E-state index contributed by atoms with van der Waals surface area (Å²) < 4.78 is 34.6. The van der Waals surface area contributed by atoms with Gasteiger partial charge in [0.2, 0.25) is 0 Å². The topological polar surface area (TPSA) is 70.7 Å². The molecule has 0 saturated heterocycles. The molecule has 0 aliphatic carbocycles. The molecule has 8 heteroatoms. The second-order valence-corrected chi connectivity index (χ2v) is 10.1. The molecule has 4 aromatic rings. The summed E-state index contributed by atoms with van der Waals surface area (Å²) in [5.41, 5.74) is 2.11. The lowest BCUT2D eigenvalue weighted by Gasteiger charge is -2.24. The maximum Gasteiger partial charge on any atom is 0.264 e. The summed E-state index contributed by atoms with van der Waals surface area (Å²) in [6, 6.07) is 32.9. The van der Waals surface area contributed by atoms with E-state index in [0.29, 0.717) is 34.5 Å². The molecule has 0 saturated carbocycles. The third-order valence-corrected chi connectivity index (χ3v) is 7.53. The van der Waals surface area contributed by atoms with Crippen molar-refractivity contribution in [3.8, 4) is 11.5 Å². The Bertz CT molecular complexity index is 1400. The van der Waals surface area contributed by atoms with Gasteiger partial charge in [0.1, 0.15) is 5.75 Å². The molecule has 0 amide bonds. The number of para-hydroxylation sites is 2. The van der Waals surface area contributed by atoms with E-state index in [1.54, 1.807) is 37.3 Å². The highest BCUT2D eigenvalue weighted by atomic mass is 32.2. The van der Waals surface area contributed by atoms with Gasteiger partial charge in [0.05, 0.1) is 16.3 Å². The van der Waals surface area contributed by atoms with E-state index < -0.39 is 10.0 Å². The van der Waals surface area contributed by atoms with E-state index in [0.717, 1.165) is 5.56 Å². The van der Waals surface area contributed by atoms with E-state index in [-0.39, 0.29) is 11.4 Å². The van der Waals surface area contributed by atoms with Crippen molar-refractivity contribution in [2.45, 2.75) is 18.4 Å². The van der Waals surface area contributed by atoms with Gasteiger partial charge in [-0.15, -0.1) is 0 Å². The van der Waals surface area contributed by atoms with E-state index in [1.807, 2.05) is 78.9 Å². The number of anilines is 2. The van der Waals surface area contributed by atoms with E-state index in [9.17, 15) is 8.42 Å². The summed E-state index contributed by atoms with van der Waals surface area (Å²) in [6.45, 7) is 2.62. The number of thiocarbonyl (C=S) groups is 1. The Morgan fingerprint density at radius 2 is 1.47 bits per heavy atom. The minimum absolute atomic E-state index is 0.127. The van der Waals surface area contributed by atoms with Gasteiger partial charge < -0.3 is 15.4 Å². The Balaban J connectivity index is 1.64. The number of benzene rings is 4. The lowest BCUT2D eigenvalue weighted by atomic mass is 10.2. The molecule has 6 nitrogen and oxygen atoms in total. The van der Waals surface area contributed by atoms with Crippen LogP contribution in [0.25, 0.3) is 0 Å². The monoisotopic (exact) mass is 517 g/mol. The van der Waals surface area contributed by atoms with Gasteiger partial charge in [0, 0.05) is 13.1 Å². The molecule has 4 rings (SSSR count). The molecule has 0 atom stereocenters. The van der Waals surface area contributed by atoms with Gasteiger partial charge in [-0.3, -0.25) is 4.31 Å². The zero-order chi connectivity index (χ0) is 25.4. The molecule has 0 heterocycles. The lowest BCUT2D eigenvalue weighted by Crippen LogP contribution is -2.31. The first-order valence-corrected chi connectivity index (χ1v) is 13.4. The van der Waals surface area contributed by atoms with Gasteiger partial charge in [-0.05, 0) is 67.2 Å². The Kier molecular flexibility index (Phi) is 8.20. The van der Waals surface area contributed by atoms with Crippen molar-refractivity contribution in [2.75, 3.05) is 16.2 Å². The molecular weight excluding hydrogens is 490 g/mol. The SMILES string of the molecule is CCN(c1ccccc1)S(=O)(=O)c1ccc(Oc2ccccc2)c(NC(=S)NCc2ccccc2)c1. The van der Waals surface area contributed by atoms with Crippen LogP contribution in [-0.2, 0) is 16.6 Å². The van der Waals surface area contributed by atoms with Crippen molar-refractivity contribution in [1.82, 2.24) is 5.32 Å². The predicted molar refractivity (Wildman–Crippen MR) is 149 cm³/mol. The zero-order valence-corrected chi connectivity index (χ0v) is 21.4. The molecule has 0 aliphatic rings. The fourth-order valence-corrected chi connectivity index (χ4v) is 5.31. The average Bonchev–Trinajstić information content (AvgIpc) is 2.90. The van der Waals surface area contributed by atoms with Crippen LogP contribution in [0.5, 0.6) is 11.5 Å². The molecule has 0 bridgehead atoms. The first-order chi connectivity index (χ1) is 17.5. The van der Waals surface area contributed by atoms with Crippen molar-refractivity contribution >= 4 is 38.7 Å². The largest absolute Gasteiger partial charge is 0.455 e.